The molecular formula is C14H23NO5S. The summed E-state index contributed by atoms with van der Waals surface area (Å²) < 4.78 is 32.0. The van der Waals surface area contributed by atoms with Gasteiger partial charge in [0.05, 0.1) is 0 Å². The minimum absolute atomic E-state index is 0.0930. The summed E-state index contributed by atoms with van der Waals surface area (Å²) in [4.78, 5) is 11.1. The zero-order valence-corrected chi connectivity index (χ0v) is 14.3. The van der Waals surface area contributed by atoms with Gasteiger partial charge in [-0.25, -0.2) is 13.2 Å². The van der Waals surface area contributed by atoms with E-state index in [-0.39, 0.29) is 33.4 Å². The molecule has 120 valence electrons. The van der Waals surface area contributed by atoms with Crippen LogP contribution < -0.4 is 0 Å². The fourth-order valence-electron chi connectivity index (χ4n) is 2.12. The van der Waals surface area contributed by atoms with Gasteiger partial charge in [0, 0.05) is 13.1 Å². The molecule has 0 aliphatic rings. The second kappa shape index (κ2) is 5.46. The minimum atomic E-state index is -3.95. The topological polar surface area (TPSA) is 87.8 Å². The third-order valence-electron chi connectivity index (χ3n) is 3.85. The molecule has 1 unspecified atom stereocenters. The van der Waals surface area contributed by atoms with Crippen molar-refractivity contribution in [1.29, 1.82) is 0 Å². The molecule has 1 aromatic heterocycles. The molecule has 1 N–H and O–H groups in total. The van der Waals surface area contributed by atoms with E-state index in [1.54, 1.807) is 6.92 Å². The fraction of sp³-hybridized carbons (Fsp3) is 0.643. The molecule has 7 heteroatoms. The van der Waals surface area contributed by atoms with Crippen LogP contribution in [0.5, 0.6) is 0 Å². The monoisotopic (exact) mass is 317 g/mol. The van der Waals surface area contributed by atoms with E-state index in [2.05, 4.69) is 0 Å². The van der Waals surface area contributed by atoms with Crippen LogP contribution in [0.4, 0.5) is 0 Å². The molecule has 1 rings (SSSR count). The van der Waals surface area contributed by atoms with Gasteiger partial charge in [0.1, 0.15) is 22.0 Å². The lowest BCUT2D eigenvalue weighted by Crippen LogP contribution is -2.43. The van der Waals surface area contributed by atoms with E-state index < -0.39 is 16.0 Å². The van der Waals surface area contributed by atoms with Crippen molar-refractivity contribution in [2.24, 2.45) is 5.41 Å². The number of furan rings is 1. The maximum atomic E-state index is 12.8. The van der Waals surface area contributed by atoms with Gasteiger partial charge in [-0.1, -0.05) is 20.8 Å². The highest BCUT2D eigenvalue weighted by Gasteiger charge is 2.38. The van der Waals surface area contributed by atoms with Crippen molar-refractivity contribution in [1.82, 2.24) is 4.31 Å². The lowest BCUT2D eigenvalue weighted by Gasteiger charge is -2.34. The Bertz CT molecular complexity index is 652. The van der Waals surface area contributed by atoms with Crippen molar-refractivity contribution in [3.05, 3.63) is 17.1 Å². The van der Waals surface area contributed by atoms with Crippen LogP contribution in [0.2, 0.25) is 0 Å². The van der Waals surface area contributed by atoms with Crippen LogP contribution in [0.3, 0.4) is 0 Å². The van der Waals surface area contributed by atoms with Gasteiger partial charge in [0.25, 0.3) is 0 Å². The number of rotatable bonds is 4. The van der Waals surface area contributed by atoms with Crippen LogP contribution in [0.25, 0.3) is 0 Å². The number of hydrogen-bond acceptors (Lipinski definition) is 4. The molecule has 0 radical (unpaired) electrons. The van der Waals surface area contributed by atoms with Gasteiger partial charge in [-0.2, -0.15) is 4.31 Å². The second-order valence-electron chi connectivity index (χ2n) is 6.29. The molecule has 0 spiro atoms. The Morgan fingerprint density at radius 1 is 1.24 bits per heavy atom. The van der Waals surface area contributed by atoms with E-state index in [0.717, 1.165) is 0 Å². The molecule has 0 saturated carbocycles. The molecule has 0 amide bonds. The average molecular weight is 317 g/mol. The summed E-state index contributed by atoms with van der Waals surface area (Å²) >= 11 is 0. The van der Waals surface area contributed by atoms with E-state index in [1.807, 2.05) is 20.8 Å². The standard InChI is InChI=1S/C14H23NO5S/c1-8-11(13(16)17)12(9(2)20-8)21(18,19)15(7)10(3)14(4,5)6/h10H,1-7H3,(H,16,17). The zero-order valence-electron chi connectivity index (χ0n) is 13.5. The highest BCUT2D eigenvalue weighted by molar-refractivity contribution is 7.89. The first-order valence-electron chi connectivity index (χ1n) is 6.63. The summed E-state index contributed by atoms with van der Waals surface area (Å²) in [5.74, 6) is -1.12. The molecule has 0 fully saturated rings. The number of aryl methyl sites for hydroxylation is 2. The molecule has 0 aromatic carbocycles. The number of aromatic carboxylic acids is 1. The van der Waals surface area contributed by atoms with Crippen molar-refractivity contribution in [2.75, 3.05) is 7.05 Å². The molecular weight excluding hydrogens is 294 g/mol. The Morgan fingerprint density at radius 3 is 2.10 bits per heavy atom. The van der Waals surface area contributed by atoms with Gasteiger partial charge in [-0.3, -0.25) is 0 Å². The molecule has 6 nitrogen and oxygen atoms in total. The minimum Gasteiger partial charge on any atom is -0.478 e. The summed E-state index contributed by atoms with van der Waals surface area (Å²) in [7, 11) is -2.49. The Kier molecular flexibility index (Phi) is 4.60. The highest BCUT2D eigenvalue weighted by atomic mass is 32.2. The molecule has 0 bridgehead atoms. The van der Waals surface area contributed by atoms with E-state index in [1.165, 1.54) is 25.2 Å². The molecule has 0 aliphatic carbocycles. The van der Waals surface area contributed by atoms with Gasteiger partial charge < -0.3 is 9.52 Å². The molecule has 0 aliphatic heterocycles. The maximum Gasteiger partial charge on any atom is 0.340 e. The molecule has 1 heterocycles. The number of carbonyl (C=O) groups is 1. The smallest absolute Gasteiger partial charge is 0.340 e. The van der Waals surface area contributed by atoms with Crippen LogP contribution in [0.1, 0.15) is 49.6 Å². The maximum absolute atomic E-state index is 12.8. The fourth-order valence-corrected chi connectivity index (χ4v) is 4.03. The summed E-state index contributed by atoms with van der Waals surface area (Å²) in [5, 5.41) is 9.26. The van der Waals surface area contributed by atoms with Crippen LogP contribution in [0, 0.1) is 19.3 Å². The number of hydrogen-bond donors (Lipinski definition) is 1. The summed E-state index contributed by atoms with van der Waals surface area (Å²) in [5.41, 5.74) is -0.571. The van der Waals surface area contributed by atoms with E-state index >= 15 is 0 Å². The van der Waals surface area contributed by atoms with Gasteiger partial charge >= 0.3 is 5.97 Å². The first-order chi connectivity index (χ1) is 9.31. The van der Waals surface area contributed by atoms with Crippen molar-refractivity contribution < 1.29 is 22.7 Å². The third-order valence-corrected chi connectivity index (χ3v) is 5.94. The van der Waals surface area contributed by atoms with E-state index in [0.29, 0.717) is 0 Å². The summed E-state index contributed by atoms with van der Waals surface area (Å²) in [6.07, 6.45) is 0. The highest BCUT2D eigenvalue weighted by Crippen LogP contribution is 2.32. The van der Waals surface area contributed by atoms with Gasteiger partial charge in [0.2, 0.25) is 10.0 Å². The Morgan fingerprint density at radius 2 is 1.71 bits per heavy atom. The zero-order chi connectivity index (χ0) is 16.7. The molecule has 0 saturated heterocycles. The third kappa shape index (κ3) is 3.13. The normalized spacial score (nSPS) is 14.5. The first kappa shape index (κ1) is 17.7. The van der Waals surface area contributed by atoms with Crippen LogP contribution in [-0.4, -0.2) is 36.9 Å². The van der Waals surface area contributed by atoms with Crippen molar-refractivity contribution >= 4 is 16.0 Å². The average Bonchev–Trinajstić information content (AvgIpc) is 2.61. The largest absolute Gasteiger partial charge is 0.478 e. The quantitative estimate of drug-likeness (QED) is 0.922. The lowest BCUT2D eigenvalue weighted by atomic mass is 9.88. The van der Waals surface area contributed by atoms with Gasteiger partial charge in [-0.05, 0) is 26.2 Å². The Balaban J connectivity index is 3.49. The number of sulfonamides is 1. The Labute approximate surface area is 125 Å². The van der Waals surface area contributed by atoms with Crippen LogP contribution >= 0.6 is 0 Å². The predicted octanol–water partition coefficient (Wildman–Crippen LogP) is 2.65. The number of carboxylic acids is 1. The second-order valence-corrected chi connectivity index (χ2v) is 8.22. The van der Waals surface area contributed by atoms with Crippen molar-refractivity contribution in [2.45, 2.75) is 52.5 Å². The number of carboxylic acid groups (broad SMARTS) is 1. The molecule has 1 atom stereocenters. The van der Waals surface area contributed by atoms with Gasteiger partial charge in [0.15, 0.2) is 0 Å². The van der Waals surface area contributed by atoms with Crippen molar-refractivity contribution in [3.8, 4) is 0 Å². The van der Waals surface area contributed by atoms with E-state index in [4.69, 9.17) is 4.42 Å². The first-order valence-corrected chi connectivity index (χ1v) is 8.07. The summed E-state index contributed by atoms with van der Waals surface area (Å²) in [6.45, 7) is 10.5. The lowest BCUT2D eigenvalue weighted by molar-refractivity contribution is 0.0691. The van der Waals surface area contributed by atoms with Crippen LogP contribution in [-0.2, 0) is 10.0 Å². The van der Waals surface area contributed by atoms with Crippen molar-refractivity contribution in [3.63, 3.8) is 0 Å². The summed E-state index contributed by atoms with van der Waals surface area (Å²) in [6, 6.07) is -0.307. The SMILES string of the molecule is Cc1oc(C)c(S(=O)(=O)N(C)C(C)C(C)(C)C)c1C(=O)O. The van der Waals surface area contributed by atoms with Gasteiger partial charge in [-0.15, -0.1) is 0 Å². The molecule has 21 heavy (non-hydrogen) atoms. The predicted molar refractivity (Wildman–Crippen MR) is 79.0 cm³/mol. The Hall–Kier alpha value is -1.34. The van der Waals surface area contributed by atoms with Crippen LogP contribution in [0.15, 0.2) is 9.31 Å². The molecule has 1 aromatic rings. The van der Waals surface area contributed by atoms with E-state index in [9.17, 15) is 18.3 Å². The number of nitrogens with zero attached hydrogens (tertiary/aromatic N) is 1.